The molecule has 1 saturated carbocycles. The molecule has 2 fully saturated rings. The molecule has 2 atom stereocenters. The molecule has 2 unspecified atom stereocenters. The average Bonchev–Trinajstić information content (AvgIpc) is 3.14. The molecule has 0 radical (unpaired) electrons. The Bertz CT molecular complexity index is 578. The lowest BCUT2D eigenvalue weighted by Gasteiger charge is -2.32. The van der Waals surface area contributed by atoms with Gasteiger partial charge in [0.25, 0.3) is 0 Å². The Morgan fingerprint density at radius 3 is 2.50 bits per heavy atom. The fourth-order valence-electron chi connectivity index (χ4n) is 3.95. The summed E-state index contributed by atoms with van der Waals surface area (Å²) in [5.41, 5.74) is 2.66. The van der Waals surface area contributed by atoms with Crippen LogP contribution in [0, 0.1) is 5.92 Å². The van der Waals surface area contributed by atoms with E-state index in [0.717, 1.165) is 23.7 Å². The van der Waals surface area contributed by atoms with Gasteiger partial charge < -0.3 is 15.5 Å². The molecule has 1 aromatic carbocycles. The molecule has 3 rings (SSSR count). The minimum absolute atomic E-state index is 0.558. The Morgan fingerprint density at radius 1 is 1.15 bits per heavy atom. The summed E-state index contributed by atoms with van der Waals surface area (Å²) >= 11 is 1.99. The zero-order chi connectivity index (χ0) is 18.4. The number of thioether (sulfide) groups is 1. The number of nitrogens with zero attached hydrogens (tertiary/aromatic N) is 2. The van der Waals surface area contributed by atoms with E-state index in [-0.39, 0.29) is 0 Å². The van der Waals surface area contributed by atoms with Crippen molar-refractivity contribution in [3.05, 3.63) is 29.8 Å². The van der Waals surface area contributed by atoms with Crippen molar-refractivity contribution >= 4 is 23.4 Å². The van der Waals surface area contributed by atoms with E-state index >= 15 is 0 Å². The monoisotopic (exact) mass is 374 g/mol. The van der Waals surface area contributed by atoms with Crippen LogP contribution in [0.1, 0.15) is 44.6 Å². The third kappa shape index (κ3) is 5.32. The number of hydrogen-bond acceptors (Lipinski definition) is 3. The molecule has 4 nitrogen and oxygen atoms in total. The van der Waals surface area contributed by atoms with Gasteiger partial charge in [-0.1, -0.05) is 19.1 Å². The molecule has 1 heterocycles. The minimum Gasteiger partial charge on any atom is -0.372 e. The van der Waals surface area contributed by atoms with Gasteiger partial charge in [-0.2, -0.15) is 11.8 Å². The van der Waals surface area contributed by atoms with Crippen molar-refractivity contribution < 1.29 is 0 Å². The van der Waals surface area contributed by atoms with Crippen molar-refractivity contribution in [2.45, 2.75) is 56.9 Å². The molecule has 5 heteroatoms. The van der Waals surface area contributed by atoms with Gasteiger partial charge in [-0.15, -0.1) is 0 Å². The summed E-state index contributed by atoms with van der Waals surface area (Å²) in [6.45, 7) is 5.55. The van der Waals surface area contributed by atoms with Gasteiger partial charge in [0.15, 0.2) is 5.96 Å². The summed E-state index contributed by atoms with van der Waals surface area (Å²) in [7, 11) is 1.86. The first-order valence-corrected chi connectivity index (χ1v) is 11.3. The topological polar surface area (TPSA) is 39.7 Å². The van der Waals surface area contributed by atoms with E-state index in [9.17, 15) is 0 Å². The number of anilines is 1. The van der Waals surface area contributed by atoms with Crippen molar-refractivity contribution in [1.82, 2.24) is 10.6 Å². The number of nitrogens with one attached hydrogen (secondary N) is 2. The first kappa shape index (κ1) is 19.4. The number of aliphatic imine (C=N–C) groups is 1. The van der Waals surface area contributed by atoms with E-state index < -0.39 is 0 Å². The summed E-state index contributed by atoms with van der Waals surface area (Å²) in [5, 5.41) is 7.86. The van der Waals surface area contributed by atoms with Crippen LogP contribution in [0.2, 0.25) is 0 Å². The second-order valence-corrected chi connectivity index (χ2v) is 8.91. The van der Waals surface area contributed by atoms with Crippen molar-refractivity contribution in [1.29, 1.82) is 0 Å². The Hall–Kier alpha value is -1.36. The molecule has 144 valence electrons. The van der Waals surface area contributed by atoms with Crippen LogP contribution in [0.15, 0.2) is 29.3 Å². The van der Waals surface area contributed by atoms with Gasteiger partial charge in [-0.3, -0.25) is 4.99 Å². The molecule has 1 saturated heterocycles. The number of piperidine rings is 1. The Labute approximate surface area is 163 Å². The number of hydrogen-bond donors (Lipinski definition) is 2. The van der Waals surface area contributed by atoms with Crippen molar-refractivity contribution in [3.63, 3.8) is 0 Å². The molecule has 0 amide bonds. The molecule has 1 aliphatic carbocycles. The van der Waals surface area contributed by atoms with Gasteiger partial charge in [0.2, 0.25) is 0 Å². The van der Waals surface area contributed by atoms with E-state index in [4.69, 9.17) is 0 Å². The van der Waals surface area contributed by atoms with Crippen LogP contribution in [0.4, 0.5) is 5.69 Å². The molecule has 1 aliphatic heterocycles. The quantitative estimate of drug-likeness (QED) is 0.606. The zero-order valence-corrected chi connectivity index (χ0v) is 17.3. The lowest BCUT2D eigenvalue weighted by molar-refractivity contribution is 0.438. The van der Waals surface area contributed by atoms with E-state index in [1.807, 2.05) is 18.8 Å². The average molecular weight is 375 g/mol. The van der Waals surface area contributed by atoms with Gasteiger partial charge in [-0.25, -0.2) is 0 Å². The van der Waals surface area contributed by atoms with Crippen LogP contribution in [0.3, 0.4) is 0 Å². The largest absolute Gasteiger partial charge is 0.372 e. The van der Waals surface area contributed by atoms with Gasteiger partial charge in [-0.05, 0) is 62.0 Å². The second-order valence-electron chi connectivity index (χ2n) is 7.77. The van der Waals surface area contributed by atoms with Crippen LogP contribution in [0.25, 0.3) is 0 Å². The van der Waals surface area contributed by atoms with Crippen LogP contribution in [-0.4, -0.2) is 43.6 Å². The van der Waals surface area contributed by atoms with E-state index in [1.165, 1.54) is 56.4 Å². The van der Waals surface area contributed by atoms with Gasteiger partial charge in [0.1, 0.15) is 0 Å². The molecular weight excluding hydrogens is 340 g/mol. The van der Waals surface area contributed by atoms with Crippen LogP contribution < -0.4 is 15.5 Å². The molecule has 0 bridgehead atoms. The summed E-state index contributed by atoms with van der Waals surface area (Å²) in [5.74, 6) is 1.80. The SMILES string of the molecule is CN=C(NCc1ccc(N2CCC(C)CC2)cc1)NC1CCC(SC)C1. The lowest BCUT2D eigenvalue weighted by atomic mass is 9.99. The summed E-state index contributed by atoms with van der Waals surface area (Å²) in [6, 6.07) is 9.58. The van der Waals surface area contributed by atoms with E-state index in [1.54, 1.807) is 0 Å². The third-order valence-corrected chi connectivity index (χ3v) is 6.92. The molecule has 2 aliphatic rings. The molecular formula is C21H34N4S. The fourth-order valence-corrected chi connectivity index (χ4v) is 4.75. The van der Waals surface area contributed by atoms with Crippen molar-refractivity contribution in [3.8, 4) is 0 Å². The predicted molar refractivity (Wildman–Crippen MR) is 115 cm³/mol. The zero-order valence-electron chi connectivity index (χ0n) is 16.5. The van der Waals surface area contributed by atoms with E-state index in [2.05, 4.69) is 58.0 Å². The maximum atomic E-state index is 4.39. The van der Waals surface area contributed by atoms with Crippen LogP contribution in [-0.2, 0) is 6.54 Å². The smallest absolute Gasteiger partial charge is 0.191 e. The van der Waals surface area contributed by atoms with Crippen LogP contribution >= 0.6 is 11.8 Å². The van der Waals surface area contributed by atoms with Crippen LogP contribution in [0.5, 0.6) is 0 Å². The number of rotatable bonds is 5. The minimum atomic E-state index is 0.558. The Morgan fingerprint density at radius 2 is 1.88 bits per heavy atom. The van der Waals surface area contributed by atoms with Crippen molar-refractivity contribution in [2.75, 3.05) is 31.3 Å². The maximum Gasteiger partial charge on any atom is 0.191 e. The number of guanidine groups is 1. The first-order valence-electron chi connectivity index (χ1n) is 10.0. The number of benzene rings is 1. The van der Waals surface area contributed by atoms with E-state index in [0.29, 0.717) is 6.04 Å². The summed E-state index contributed by atoms with van der Waals surface area (Å²) in [4.78, 5) is 6.91. The summed E-state index contributed by atoms with van der Waals surface area (Å²) < 4.78 is 0. The highest BCUT2D eigenvalue weighted by Crippen LogP contribution is 2.28. The lowest BCUT2D eigenvalue weighted by Crippen LogP contribution is -2.42. The van der Waals surface area contributed by atoms with Crippen molar-refractivity contribution in [2.24, 2.45) is 10.9 Å². The molecule has 26 heavy (non-hydrogen) atoms. The van der Waals surface area contributed by atoms with Gasteiger partial charge >= 0.3 is 0 Å². The second kappa shape index (κ2) is 9.54. The predicted octanol–water partition coefficient (Wildman–Crippen LogP) is 3.87. The van der Waals surface area contributed by atoms with Gasteiger partial charge in [0.05, 0.1) is 0 Å². The highest BCUT2D eigenvalue weighted by atomic mass is 32.2. The fraction of sp³-hybridized carbons (Fsp3) is 0.667. The molecule has 2 N–H and O–H groups in total. The molecule has 0 aromatic heterocycles. The first-order chi connectivity index (χ1) is 12.7. The standard InChI is InChI=1S/C21H34N4S/c1-16-10-12-25(13-11-16)19-7-4-17(5-8-19)15-23-21(22-2)24-18-6-9-20(14-18)26-3/h4-5,7-8,16,18,20H,6,9-15H2,1-3H3,(H2,22,23,24). The highest BCUT2D eigenvalue weighted by Gasteiger charge is 2.24. The van der Waals surface area contributed by atoms with Gasteiger partial charge in [0, 0.05) is 43.7 Å². The highest BCUT2D eigenvalue weighted by molar-refractivity contribution is 7.99. The third-order valence-electron chi connectivity index (χ3n) is 5.83. The molecule has 1 aromatic rings. The summed E-state index contributed by atoms with van der Waals surface area (Å²) in [6.07, 6.45) is 8.63. The Balaban J connectivity index is 1.46. The normalized spacial score (nSPS) is 24.7. The molecule has 0 spiro atoms. The Kier molecular flexibility index (Phi) is 7.12. The maximum absolute atomic E-state index is 4.39.